The van der Waals surface area contributed by atoms with Crippen LogP contribution in [-0.4, -0.2) is 32.9 Å². The molecule has 1 aromatic carbocycles. The summed E-state index contributed by atoms with van der Waals surface area (Å²) in [5.74, 6) is 1.50. The average Bonchev–Trinajstić information content (AvgIpc) is 2.81. The van der Waals surface area contributed by atoms with Crippen LogP contribution < -0.4 is 19.9 Å². The molecule has 0 saturated heterocycles. The van der Waals surface area contributed by atoms with Crippen LogP contribution in [0.4, 0.5) is 13.2 Å². The molecule has 0 amide bonds. The molecule has 0 unspecified atom stereocenters. The second kappa shape index (κ2) is 6.19. The highest BCUT2D eigenvalue weighted by Gasteiger charge is 2.28. The quantitative estimate of drug-likeness (QED) is 0.811. The van der Waals surface area contributed by atoms with E-state index in [4.69, 9.17) is 19.9 Å². The van der Waals surface area contributed by atoms with Crippen molar-refractivity contribution < 1.29 is 32.1 Å². The van der Waals surface area contributed by atoms with E-state index in [9.17, 15) is 13.2 Å². The van der Waals surface area contributed by atoms with Gasteiger partial charge in [0.25, 0.3) is 0 Å². The molecule has 0 saturated carbocycles. The molecule has 0 fully saturated rings. The van der Waals surface area contributed by atoms with Crippen molar-refractivity contribution in [1.29, 1.82) is 0 Å². The van der Waals surface area contributed by atoms with Gasteiger partial charge in [-0.2, -0.15) is 0 Å². The lowest BCUT2D eigenvalue weighted by Gasteiger charge is -2.13. The zero-order valence-corrected chi connectivity index (χ0v) is 10.5. The summed E-state index contributed by atoms with van der Waals surface area (Å²) < 4.78 is 54.8. The molecule has 0 aromatic heterocycles. The Morgan fingerprint density at radius 1 is 1.15 bits per heavy atom. The first-order chi connectivity index (χ1) is 9.49. The summed E-state index contributed by atoms with van der Waals surface area (Å²) in [6, 6.07) is 3.30. The fourth-order valence-corrected chi connectivity index (χ4v) is 1.76. The number of alkyl halides is 3. The van der Waals surface area contributed by atoms with Gasteiger partial charge < -0.3 is 19.9 Å². The van der Waals surface area contributed by atoms with Gasteiger partial charge in [0.15, 0.2) is 11.5 Å². The van der Waals surface area contributed by atoms with Gasteiger partial charge in [-0.05, 0) is 24.6 Å². The Bertz CT molecular complexity index is 465. The van der Waals surface area contributed by atoms with Crippen LogP contribution in [0.15, 0.2) is 12.1 Å². The molecule has 2 rings (SSSR count). The Kier molecular flexibility index (Phi) is 4.56. The Balaban J connectivity index is 1.99. The molecule has 1 heterocycles. The van der Waals surface area contributed by atoms with E-state index in [2.05, 4.69) is 4.74 Å². The van der Waals surface area contributed by atoms with Crippen LogP contribution in [0.5, 0.6) is 17.2 Å². The molecule has 8 heteroatoms. The first-order valence-electron chi connectivity index (χ1n) is 5.95. The molecule has 0 aliphatic carbocycles. The zero-order valence-electron chi connectivity index (χ0n) is 10.5. The van der Waals surface area contributed by atoms with E-state index in [0.29, 0.717) is 30.2 Å². The second-order valence-electron chi connectivity index (χ2n) is 3.99. The Morgan fingerprint density at radius 3 is 2.50 bits per heavy atom. The summed E-state index contributed by atoms with van der Waals surface area (Å²) in [5.41, 5.74) is 6.24. The highest BCUT2D eigenvalue weighted by molar-refractivity contribution is 5.52. The predicted octanol–water partition coefficient (Wildman–Crippen LogP) is 1.83. The van der Waals surface area contributed by atoms with Crippen molar-refractivity contribution in [1.82, 2.24) is 0 Å². The van der Waals surface area contributed by atoms with Crippen molar-refractivity contribution in [3.8, 4) is 17.2 Å². The van der Waals surface area contributed by atoms with Crippen LogP contribution in [0, 0.1) is 0 Å². The van der Waals surface area contributed by atoms with E-state index in [-0.39, 0.29) is 13.4 Å². The maximum atomic E-state index is 11.8. The number of halogens is 3. The van der Waals surface area contributed by atoms with Gasteiger partial charge in [0, 0.05) is 6.07 Å². The number of benzene rings is 1. The van der Waals surface area contributed by atoms with Gasteiger partial charge in [0.05, 0.1) is 6.61 Å². The van der Waals surface area contributed by atoms with Crippen LogP contribution in [-0.2, 0) is 11.2 Å². The van der Waals surface area contributed by atoms with Crippen LogP contribution in [0.25, 0.3) is 0 Å². The molecule has 5 nitrogen and oxygen atoms in total. The number of rotatable bonds is 6. The van der Waals surface area contributed by atoms with Crippen molar-refractivity contribution in [2.45, 2.75) is 12.8 Å². The first-order valence-corrected chi connectivity index (χ1v) is 5.95. The summed E-state index contributed by atoms with van der Waals surface area (Å²) in [7, 11) is 0. The lowest BCUT2D eigenvalue weighted by Crippen LogP contribution is -2.18. The summed E-state index contributed by atoms with van der Waals surface area (Å²) >= 11 is 0. The summed E-state index contributed by atoms with van der Waals surface area (Å²) in [5, 5.41) is 0. The molecule has 112 valence electrons. The standard InChI is InChI=1S/C12H14F3NO4/c13-12(14,15)20-4-3-17-9-6-11-10(18-7-19-11)5-8(9)1-2-16/h5-6H,1-4,7,16H2. The molecule has 0 bridgehead atoms. The van der Waals surface area contributed by atoms with E-state index in [1.165, 1.54) is 0 Å². The van der Waals surface area contributed by atoms with Crippen molar-refractivity contribution in [3.63, 3.8) is 0 Å². The molecule has 20 heavy (non-hydrogen) atoms. The van der Waals surface area contributed by atoms with Gasteiger partial charge in [-0.15, -0.1) is 13.2 Å². The van der Waals surface area contributed by atoms with Gasteiger partial charge in [0.1, 0.15) is 12.4 Å². The lowest BCUT2D eigenvalue weighted by molar-refractivity contribution is -0.325. The fourth-order valence-electron chi connectivity index (χ4n) is 1.76. The third kappa shape index (κ3) is 3.91. The SMILES string of the molecule is NCCc1cc2c(cc1OCCOC(F)(F)F)OCO2. The molecule has 0 atom stereocenters. The molecule has 0 spiro atoms. The van der Waals surface area contributed by atoms with Crippen molar-refractivity contribution >= 4 is 0 Å². The smallest absolute Gasteiger partial charge is 0.491 e. The predicted molar refractivity (Wildman–Crippen MR) is 62.8 cm³/mol. The minimum Gasteiger partial charge on any atom is -0.491 e. The largest absolute Gasteiger partial charge is 0.522 e. The monoisotopic (exact) mass is 293 g/mol. The minimum atomic E-state index is -4.65. The van der Waals surface area contributed by atoms with Crippen LogP contribution in [0.1, 0.15) is 5.56 Å². The van der Waals surface area contributed by atoms with Gasteiger partial charge in [-0.1, -0.05) is 0 Å². The third-order valence-corrected chi connectivity index (χ3v) is 2.58. The van der Waals surface area contributed by atoms with Gasteiger partial charge in [-0.25, -0.2) is 0 Å². The summed E-state index contributed by atoms with van der Waals surface area (Å²) in [6.07, 6.45) is -4.13. The molecule has 2 N–H and O–H groups in total. The van der Waals surface area contributed by atoms with Gasteiger partial charge in [0.2, 0.25) is 6.79 Å². The highest BCUT2D eigenvalue weighted by Crippen LogP contribution is 2.38. The summed E-state index contributed by atoms with van der Waals surface area (Å²) in [6.45, 7) is -0.316. The molecule has 0 radical (unpaired) electrons. The van der Waals surface area contributed by atoms with Gasteiger partial charge >= 0.3 is 6.36 Å². The maximum absolute atomic E-state index is 11.8. The molecule has 1 aliphatic rings. The van der Waals surface area contributed by atoms with E-state index < -0.39 is 13.0 Å². The molecular formula is C12H14F3NO4. The number of ether oxygens (including phenoxy) is 4. The maximum Gasteiger partial charge on any atom is 0.522 e. The van der Waals surface area contributed by atoms with E-state index in [1.54, 1.807) is 12.1 Å². The fraction of sp³-hybridized carbons (Fsp3) is 0.500. The minimum absolute atomic E-state index is 0.109. The van der Waals surface area contributed by atoms with E-state index in [0.717, 1.165) is 5.56 Å². The third-order valence-electron chi connectivity index (χ3n) is 2.58. The Hall–Kier alpha value is -1.67. The topological polar surface area (TPSA) is 62.9 Å². The number of hydrogen-bond acceptors (Lipinski definition) is 5. The van der Waals surface area contributed by atoms with E-state index >= 15 is 0 Å². The normalized spacial score (nSPS) is 13.6. The lowest BCUT2D eigenvalue weighted by atomic mass is 10.1. The number of nitrogens with two attached hydrogens (primary N) is 1. The number of hydrogen-bond donors (Lipinski definition) is 1. The first kappa shape index (κ1) is 14.7. The molecule has 1 aliphatic heterocycles. The van der Waals surface area contributed by atoms with Crippen molar-refractivity contribution in [3.05, 3.63) is 17.7 Å². The average molecular weight is 293 g/mol. The van der Waals surface area contributed by atoms with Crippen molar-refractivity contribution in [2.24, 2.45) is 5.73 Å². The second-order valence-corrected chi connectivity index (χ2v) is 3.99. The van der Waals surface area contributed by atoms with Crippen LogP contribution in [0.3, 0.4) is 0 Å². The Labute approximate surface area is 113 Å². The highest BCUT2D eigenvalue weighted by atomic mass is 19.4. The molecule has 1 aromatic rings. The summed E-state index contributed by atoms with van der Waals surface area (Å²) in [4.78, 5) is 0. The Morgan fingerprint density at radius 2 is 1.85 bits per heavy atom. The van der Waals surface area contributed by atoms with Crippen LogP contribution >= 0.6 is 0 Å². The van der Waals surface area contributed by atoms with Crippen molar-refractivity contribution in [2.75, 3.05) is 26.6 Å². The zero-order chi connectivity index (χ0) is 14.6. The molecular weight excluding hydrogens is 279 g/mol. The van der Waals surface area contributed by atoms with Gasteiger partial charge in [-0.3, -0.25) is 4.74 Å². The van der Waals surface area contributed by atoms with E-state index in [1.807, 2.05) is 0 Å². The number of fused-ring (bicyclic) bond motifs is 1. The van der Waals surface area contributed by atoms with Crippen LogP contribution in [0.2, 0.25) is 0 Å².